The number of carbonyl (C=O) groups is 1. The van der Waals surface area contributed by atoms with Gasteiger partial charge in [-0.15, -0.1) is 0 Å². The third kappa shape index (κ3) is 4.10. The van der Waals surface area contributed by atoms with Crippen molar-refractivity contribution in [1.82, 2.24) is 5.32 Å². The summed E-state index contributed by atoms with van der Waals surface area (Å²) in [4.78, 5) is 12.3. The molecule has 1 amide bonds. The van der Waals surface area contributed by atoms with Gasteiger partial charge < -0.3 is 10.1 Å². The number of amides is 1. The van der Waals surface area contributed by atoms with Gasteiger partial charge >= 0.3 is 0 Å². The summed E-state index contributed by atoms with van der Waals surface area (Å²) in [6.45, 7) is 5.82. The van der Waals surface area contributed by atoms with Crippen LogP contribution >= 0.6 is 0 Å². The van der Waals surface area contributed by atoms with E-state index in [0.29, 0.717) is 0 Å². The van der Waals surface area contributed by atoms with Crippen molar-refractivity contribution in [2.24, 2.45) is 0 Å². The average molecular weight is 297 g/mol. The Morgan fingerprint density at radius 3 is 2.36 bits per heavy atom. The molecule has 0 aliphatic heterocycles. The molecule has 2 aromatic rings. The van der Waals surface area contributed by atoms with Crippen molar-refractivity contribution in [2.75, 3.05) is 0 Å². The summed E-state index contributed by atoms with van der Waals surface area (Å²) >= 11 is 0. The average Bonchev–Trinajstić information content (AvgIpc) is 2.56. The third-order valence-corrected chi connectivity index (χ3v) is 3.68. The maximum absolute atomic E-state index is 12.3. The van der Waals surface area contributed by atoms with E-state index in [1.165, 1.54) is 0 Å². The van der Waals surface area contributed by atoms with Crippen molar-refractivity contribution >= 4 is 5.91 Å². The van der Waals surface area contributed by atoms with Gasteiger partial charge in [-0.05, 0) is 37.5 Å². The van der Waals surface area contributed by atoms with E-state index in [-0.39, 0.29) is 11.9 Å². The topological polar surface area (TPSA) is 38.3 Å². The van der Waals surface area contributed by atoms with Crippen LogP contribution in [-0.4, -0.2) is 12.0 Å². The van der Waals surface area contributed by atoms with Crippen molar-refractivity contribution in [3.8, 4) is 5.75 Å². The maximum Gasteiger partial charge on any atom is 0.261 e. The monoisotopic (exact) mass is 297 g/mol. The Hall–Kier alpha value is -2.29. The number of nitrogens with one attached hydrogen (secondary N) is 1. The summed E-state index contributed by atoms with van der Waals surface area (Å²) < 4.78 is 5.82. The minimum absolute atomic E-state index is 0.0406. The molecule has 22 heavy (non-hydrogen) atoms. The highest BCUT2D eigenvalue weighted by molar-refractivity contribution is 5.81. The molecule has 2 rings (SSSR count). The molecule has 3 heteroatoms. The number of para-hydroxylation sites is 1. The molecule has 0 saturated heterocycles. The highest BCUT2D eigenvalue weighted by Crippen LogP contribution is 2.20. The largest absolute Gasteiger partial charge is 0.481 e. The summed E-state index contributed by atoms with van der Waals surface area (Å²) in [7, 11) is 0. The first kappa shape index (κ1) is 16.1. The lowest BCUT2D eigenvalue weighted by Gasteiger charge is -2.20. The Morgan fingerprint density at radius 1 is 1.05 bits per heavy atom. The fourth-order valence-electron chi connectivity index (χ4n) is 2.31. The van der Waals surface area contributed by atoms with E-state index in [1.54, 1.807) is 6.92 Å². The molecule has 0 aromatic heterocycles. The van der Waals surface area contributed by atoms with E-state index in [1.807, 2.05) is 61.5 Å². The van der Waals surface area contributed by atoms with Gasteiger partial charge in [0.1, 0.15) is 5.75 Å². The molecule has 0 bridgehead atoms. The highest BCUT2D eigenvalue weighted by atomic mass is 16.5. The van der Waals surface area contributed by atoms with Crippen LogP contribution in [0, 0.1) is 0 Å². The second-order valence-corrected chi connectivity index (χ2v) is 5.36. The molecule has 0 radical (unpaired) electrons. The molecular formula is C19H23NO2. The van der Waals surface area contributed by atoms with E-state index >= 15 is 0 Å². The van der Waals surface area contributed by atoms with Crippen LogP contribution in [0.4, 0.5) is 0 Å². The lowest BCUT2D eigenvalue weighted by atomic mass is 10.1. The second-order valence-electron chi connectivity index (χ2n) is 5.36. The van der Waals surface area contributed by atoms with Crippen LogP contribution in [0.2, 0.25) is 0 Å². The fraction of sp³-hybridized carbons (Fsp3) is 0.316. The molecule has 0 aliphatic carbocycles. The zero-order valence-corrected chi connectivity index (χ0v) is 13.4. The van der Waals surface area contributed by atoms with Gasteiger partial charge in [0.05, 0.1) is 6.04 Å². The number of carbonyl (C=O) groups excluding carboxylic acids is 1. The molecule has 0 aliphatic rings. The van der Waals surface area contributed by atoms with Crippen LogP contribution < -0.4 is 10.1 Å². The normalized spacial score (nSPS) is 13.2. The van der Waals surface area contributed by atoms with E-state index in [2.05, 4.69) is 12.2 Å². The standard InChI is InChI=1S/C19H23NO2/c1-4-16-10-8-9-13-18(16)22-15(3)19(21)20-14(2)17-11-6-5-7-12-17/h5-15H,4H2,1-3H3,(H,20,21)/t14-,15-/m1/s1. The van der Waals surface area contributed by atoms with E-state index in [4.69, 9.17) is 4.74 Å². The third-order valence-electron chi connectivity index (χ3n) is 3.68. The molecule has 0 spiro atoms. The predicted octanol–water partition coefficient (Wildman–Crippen LogP) is 3.89. The predicted molar refractivity (Wildman–Crippen MR) is 88.9 cm³/mol. The minimum atomic E-state index is -0.529. The summed E-state index contributed by atoms with van der Waals surface area (Å²) in [5.41, 5.74) is 2.19. The molecule has 0 fully saturated rings. The lowest BCUT2D eigenvalue weighted by Crippen LogP contribution is -2.37. The number of rotatable bonds is 6. The smallest absolute Gasteiger partial charge is 0.261 e. The van der Waals surface area contributed by atoms with Gasteiger partial charge in [0.15, 0.2) is 6.10 Å². The van der Waals surface area contributed by atoms with Crippen LogP contribution in [0.5, 0.6) is 5.75 Å². The fourth-order valence-corrected chi connectivity index (χ4v) is 2.31. The number of benzene rings is 2. The Bertz CT molecular complexity index is 610. The Balaban J connectivity index is 1.97. The lowest BCUT2D eigenvalue weighted by molar-refractivity contribution is -0.127. The zero-order valence-electron chi connectivity index (χ0n) is 13.4. The Morgan fingerprint density at radius 2 is 1.68 bits per heavy atom. The van der Waals surface area contributed by atoms with Crippen molar-refractivity contribution in [3.05, 3.63) is 65.7 Å². The molecule has 116 valence electrons. The van der Waals surface area contributed by atoms with Gasteiger partial charge in [-0.1, -0.05) is 55.5 Å². The van der Waals surface area contributed by atoms with Crippen LogP contribution in [-0.2, 0) is 11.2 Å². The second kappa shape index (κ2) is 7.64. The Labute approximate surface area is 132 Å². The van der Waals surface area contributed by atoms with Gasteiger partial charge in [0.25, 0.3) is 5.91 Å². The molecule has 2 aromatic carbocycles. The van der Waals surface area contributed by atoms with Gasteiger partial charge in [0, 0.05) is 0 Å². The van der Waals surface area contributed by atoms with Crippen molar-refractivity contribution in [1.29, 1.82) is 0 Å². The van der Waals surface area contributed by atoms with Gasteiger partial charge in [-0.25, -0.2) is 0 Å². The molecule has 0 unspecified atom stereocenters. The van der Waals surface area contributed by atoms with Crippen molar-refractivity contribution in [3.63, 3.8) is 0 Å². The first-order chi connectivity index (χ1) is 10.6. The van der Waals surface area contributed by atoms with Crippen LogP contribution in [0.3, 0.4) is 0 Å². The van der Waals surface area contributed by atoms with E-state index in [0.717, 1.165) is 23.3 Å². The number of hydrogen-bond acceptors (Lipinski definition) is 2. The van der Waals surface area contributed by atoms with Crippen LogP contribution in [0.15, 0.2) is 54.6 Å². The summed E-state index contributed by atoms with van der Waals surface area (Å²) in [5, 5.41) is 2.99. The summed E-state index contributed by atoms with van der Waals surface area (Å²) in [5.74, 6) is 0.669. The molecule has 2 atom stereocenters. The highest BCUT2D eigenvalue weighted by Gasteiger charge is 2.18. The number of hydrogen-bond donors (Lipinski definition) is 1. The van der Waals surface area contributed by atoms with Crippen LogP contribution in [0.25, 0.3) is 0 Å². The van der Waals surface area contributed by atoms with Crippen LogP contribution in [0.1, 0.15) is 37.9 Å². The quantitative estimate of drug-likeness (QED) is 0.878. The number of ether oxygens (including phenoxy) is 1. The summed E-state index contributed by atoms with van der Waals surface area (Å²) in [6, 6.07) is 17.7. The van der Waals surface area contributed by atoms with Crippen molar-refractivity contribution in [2.45, 2.75) is 39.3 Å². The van der Waals surface area contributed by atoms with Gasteiger partial charge in [0.2, 0.25) is 0 Å². The first-order valence-corrected chi connectivity index (χ1v) is 7.71. The van der Waals surface area contributed by atoms with E-state index in [9.17, 15) is 4.79 Å². The molecule has 0 heterocycles. The molecule has 0 saturated carbocycles. The first-order valence-electron chi connectivity index (χ1n) is 7.71. The SMILES string of the molecule is CCc1ccccc1O[C@H](C)C(=O)N[C@H](C)c1ccccc1. The molecular weight excluding hydrogens is 274 g/mol. The zero-order chi connectivity index (χ0) is 15.9. The van der Waals surface area contributed by atoms with Gasteiger partial charge in [-0.3, -0.25) is 4.79 Å². The van der Waals surface area contributed by atoms with Crippen molar-refractivity contribution < 1.29 is 9.53 Å². The maximum atomic E-state index is 12.3. The van der Waals surface area contributed by atoms with E-state index < -0.39 is 6.10 Å². The Kier molecular flexibility index (Phi) is 5.59. The molecule has 3 nitrogen and oxygen atoms in total. The minimum Gasteiger partial charge on any atom is -0.481 e. The number of aryl methyl sites for hydroxylation is 1. The molecule has 1 N–H and O–H groups in total. The van der Waals surface area contributed by atoms with Gasteiger partial charge in [-0.2, -0.15) is 0 Å². The summed E-state index contributed by atoms with van der Waals surface area (Å²) in [6.07, 6.45) is 0.351.